The number of benzene rings is 1. The van der Waals surface area contributed by atoms with Gasteiger partial charge in [0.05, 0.1) is 5.56 Å². The van der Waals surface area contributed by atoms with Crippen molar-refractivity contribution in [1.82, 2.24) is 0 Å². The molecule has 0 aliphatic rings. The Kier molecular flexibility index (Phi) is 6.26. The van der Waals surface area contributed by atoms with E-state index >= 15 is 0 Å². The van der Waals surface area contributed by atoms with Crippen molar-refractivity contribution in [2.45, 2.75) is 6.42 Å². The number of carbonyl (C=O) groups is 1. The number of nitrogens with one attached hydrogen (secondary N) is 1. The Bertz CT molecular complexity index is 480. The third kappa shape index (κ3) is 4.78. The Morgan fingerprint density at radius 2 is 2.33 bits per heavy atom. The van der Waals surface area contributed by atoms with Crippen LogP contribution in [0.4, 0.5) is 10.1 Å². The summed E-state index contributed by atoms with van der Waals surface area (Å²) in [6.45, 7) is -0.313. The van der Waals surface area contributed by atoms with Gasteiger partial charge >= 0.3 is 0 Å². The highest BCUT2D eigenvalue weighted by atomic mass is 32.2. The number of carbonyl (C=O) groups excluding carboxylic acids is 1. The molecule has 0 atom stereocenters. The molecule has 0 radical (unpaired) electrons. The summed E-state index contributed by atoms with van der Waals surface area (Å²) in [5, 5.41) is 11.1. The largest absolute Gasteiger partial charge is 0.384 e. The zero-order chi connectivity index (χ0) is 13.4. The summed E-state index contributed by atoms with van der Waals surface area (Å²) in [5.41, 5.74) is 0.610. The molecule has 0 saturated heterocycles. The van der Waals surface area contributed by atoms with Gasteiger partial charge in [0.15, 0.2) is 0 Å². The Morgan fingerprint density at radius 1 is 1.56 bits per heavy atom. The molecule has 0 aromatic heterocycles. The number of hydrogen-bond donors (Lipinski definition) is 2. The molecule has 1 amide bonds. The van der Waals surface area contributed by atoms with Crippen LogP contribution in [0.1, 0.15) is 12.0 Å². The van der Waals surface area contributed by atoms with Gasteiger partial charge in [-0.1, -0.05) is 11.8 Å². The molecule has 0 aliphatic heterocycles. The van der Waals surface area contributed by atoms with Crippen molar-refractivity contribution >= 4 is 23.4 Å². The molecule has 0 heterocycles. The van der Waals surface area contributed by atoms with Gasteiger partial charge in [-0.05, 0) is 24.5 Å². The van der Waals surface area contributed by atoms with Crippen molar-refractivity contribution in [2.75, 3.05) is 23.9 Å². The quantitative estimate of drug-likeness (QED) is 0.819. The Labute approximate surface area is 110 Å². The van der Waals surface area contributed by atoms with E-state index in [9.17, 15) is 9.18 Å². The highest BCUT2D eigenvalue weighted by Gasteiger charge is 2.05. The zero-order valence-corrected chi connectivity index (χ0v) is 10.8. The van der Waals surface area contributed by atoms with Gasteiger partial charge in [-0.2, -0.15) is 11.8 Å². The van der Waals surface area contributed by atoms with Crippen LogP contribution in [0.3, 0.4) is 0 Å². The number of amides is 1. The van der Waals surface area contributed by atoms with E-state index in [-0.39, 0.29) is 18.1 Å². The van der Waals surface area contributed by atoms with E-state index < -0.39 is 5.82 Å². The molecule has 0 unspecified atom stereocenters. The van der Waals surface area contributed by atoms with E-state index in [2.05, 4.69) is 17.2 Å². The van der Waals surface area contributed by atoms with Crippen LogP contribution < -0.4 is 5.32 Å². The molecule has 0 spiro atoms. The van der Waals surface area contributed by atoms with Gasteiger partial charge < -0.3 is 10.4 Å². The molecular formula is C13H14FNO2S. The van der Waals surface area contributed by atoms with Crippen molar-refractivity contribution in [3.05, 3.63) is 29.6 Å². The average molecular weight is 267 g/mol. The normalized spacial score (nSPS) is 9.50. The summed E-state index contributed by atoms with van der Waals surface area (Å²) in [6.07, 6.45) is 2.32. The molecule has 3 nitrogen and oxygen atoms in total. The number of halogens is 1. The SMILES string of the molecule is CSCCC(=O)Nc1ccc(C#CCO)c(F)c1. The second-order valence-corrected chi connectivity index (χ2v) is 4.43. The van der Waals surface area contributed by atoms with Crippen molar-refractivity contribution in [3.63, 3.8) is 0 Å². The molecule has 0 fully saturated rings. The first-order chi connectivity index (χ1) is 8.67. The molecule has 0 bridgehead atoms. The summed E-state index contributed by atoms with van der Waals surface area (Å²) in [5.74, 6) is 4.93. The first-order valence-electron chi connectivity index (χ1n) is 5.35. The number of aliphatic hydroxyl groups excluding tert-OH is 1. The van der Waals surface area contributed by atoms with E-state index in [0.29, 0.717) is 12.1 Å². The average Bonchev–Trinajstić information content (AvgIpc) is 2.35. The standard InChI is InChI=1S/C13H14FNO2S/c1-18-8-6-13(17)15-11-5-4-10(3-2-7-16)12(14)9-11/h4-5,9,16H,6-8H2,1H3,(H,15,17). The van der Waals surface area contributed by atoms with Crippen LogP contribution in [0.2, 0.25) is 0 Å². The van der Waals surface area contributed by atoms with Crippen molar-refractivity contribution in [2.24, 2.45) is 0 Å². The summed E-state index contributed by atoms with van der Waals surface area (Å²) >= 11 is 1.58. The fraction of sp³-hybridized carbons (Fsp3) is 0.308. The van der Waals surface area contributed by atoms with Crippen LogP contribution >= 0.6 is 11.8 Å². The van der Waals surface area contributed by atoms with E-state index in [0.717, 1.165) is 5.75 Å². The Balaban J connectivity index is 2.69. The second kappa shape index (κ2) is 7.75. The van der Waals surface area contributed by atoms with Gasteiger partial charge in [-0.3, -0.25) is 4.79 Å². The maximum absolute atomic E-state index is 13.5. The van der Waals surface area contributed by atoms with Gasteiger partial charge in [0, 0.05) is 17.9 Å². The first kappa shape index (κ1) is 14.6. The van der Waals surface area contributed by atoms with Gasteiger partial charge in [0.2, 0.25) is 5.91 Å². The summed E-state index contributed by atoms with van der Waals surface area (Å²) < 4.78 is 13.5. The molecule has 96 valence electrons. The van der Waals surface area contributed by atoms with Crippen molar-refractivity contribution in [1.29, 1.82) is 0 Å². The minimum absolute atomic E-state index is 0.141. The number of hydrogen-bond acceptors (Lipinski definition) is 3. The molecule has 1 aromatic rings. The monoisotopic (exact) mass is 267 g/mol. The molecule has 1 aromatic carbocycles. The predicted molar refractivity (Wildman–Crippen MR) is 72.0 cm³/mol. The molecule has 18 heavy (non-hydrogen) atoms. The maximum Gasteiger partial charge on any atom is 0.225 e. The van der Waals surface area contributed by atoms with Crippen LogP contribution in [-0.2, 0) is 4.79 Å². The summed E-state index contributed by atoms with van der Waals surface area (Å²) in [4.78, 5) is 11.4. The molecule has 0 saturated carbocycles. The summed E-state index contributed by atoms with van der Waals surface area (Å²) in [6, 6.07) is 4.28. The van der Waals surface area contributed by atoms with Gasteiger partial charge in [-0.25, -0.2) is 4.39 Å². The third-order valence-corrected chi connectivity index (χ3v) is 2.70. The minimum Gasteiger partial charge on any atom is -0.384 e. The molecule has 2 N–H and O–H groups in total. The highest BCUT2D eigenvalue weighted by Crippen LogP contribution is 2.14. The van der Waals surface area contributed by atoms with Crippen LogP contribution in [-0.4, -0.2) is 29.6 Å². The fourth-order valence-electron chi connectivity index (χ4n) is 1.25. The molecule has 5 heteroatoms. The van der Waals surface area contributed by atoms with Crippen LogP contribution in [0.5, 0.6) is 0 Å². The lowest BCUT2D eigenvalue weighted by Gasteiger charge is -2.05. The lowest BCUT2D eigenvalue weighted by molar-refractivity contribution is -0.115. The second-order valence-electron chi connectivity index (χ2n) is 3.45. The van der Waals surface area contributed by atoms with Crippen LogP contribution in [0.15, 0.2) is 18.2 Å². The minimum atomic E-state index is -0.515. The number of thioether (sulfide) groups is 1. The van der Waals surface area contributed by atoms with Crippen molar-refractivity contribution in [3.8, 4) is 11.8 Å². The van der Waals surface area contributed by atoms with Crippen LogP contribution in [0.25, 0.3) is 0 Å². The molecule has 0 aliphatic carbocycles. The first-order valence-corrected chi connectivity index (χ1v) is 6.75. The van der Waals surface area contributed by atoms with Crippen molar-refractivity contribution < 1.29 is 14.3 Å². The zero-order valence-electron chi connectivity index (χ0n) is 10.00. The smallest absolute Gasteiger partial charge is 0.225 e. The number of anilines is 1. The van der Waals surface area contributed by atoms with E-state index in [4.69, 9.17) is 5.11 Å². The Hall–Kier alpha value is -1.51. The van der Waals surface area contributed by atoms with Gasteiger partial charge in [-0.15, -0.1) is 0 Å². The highest BCUT2D eigenvalue weighted by molar-refractivity contribution is 7.98. The lowest BCUT2D eigenvalue weighted by Crippen LogP contribution is -2.12. The van der Waals surface area contributed by atoms with Crippen LogP contribution in [0, 0.1) is 17.7 Å². The number of aliphatic hydroxyl groups is 1. The molecule has 1 rings (SSSR count). The Morgan fingerprint density at radius 3 is 2.94 bits per heavy atom. The fourth-order valence-corrected chi connectivity index (χ4v) is 1.64. The topological polar surface area (TPSA) is 49.3 Å². The summed E-state index contributed by atoms with van der Waals surface area (Å²) in [7, 11) is 0. The predicted octanol–water partition coefficient (Wildman–Crippen LogP) is 1.86. The van der Waals surface area contributed by atoms with Gasteiger partial charge in [0.25, 0.3) is 0 Å². The van der Waals surface area contributed by atoms with E-state index in [1.165, 1.54) is 12.1 Å². The molecular weight excluding hydrogens is 253 g/mol. The van der Waals surface area contributed by atoms with E-state index in [1.54, 1.807) is 17.8 Å². The van der Waals surface area contributed by atoms with E-state index in [1.807, 2.05) is 6.26 Å². The van der Waals surface area contributed by atoms with Gasteiger partial charge in [0.1, 0.15) is 12.4 Å². The maximum atomic E-state index is 13.5. The third-order valence-electron chi connectivity index (χ3n) is 2.09. The lowest BCUT2D eigenvalue weighted by atomic mass is 10.2. The number of rotatable bonds is 4.